The van der Waals surface area contributed by atoms with Crippen molar-refractivity contribution in [2.24, 2.45) is 0 Å². The maximum atomic E-state index is 12.4. The molecule has 0 aliphatic carbocycles. The first kappa shape index (κ1) is 24.0. The molecule has 0 spiro atoms. The van der Waals surface area contributed by atoms with Gasteiger partial charge < -0.3 is 9.53 Å². The van der Waals surface area contributed by atoms with E-state index in [2.05, 4.69) is 14.8 Å². The standard InChI is InChI=1S/C26H20ClF3N4O2/c27-23-10-18(20-11-32-34(14-20)15-21-3-1-2-8-31-21)9-19-13-33(24(16-35)25(19)23)12-17-4-6-22(7-5-17)36-26(28,29)30/h1-11,14,16,24H,12-13,15H2. The molecule has 3 heterocycles. The van der Waals surface area contributed by atoms with Gasteiger partial charge in [0.05, 0.1) is 24.5 Å². The van der Waals surface area contributed by atoms with Crippen molar-refractivity contribution in [2.45, 2.75) is 32.0 Å². The summed E-state index contributed by atoms with van der Waals surface area (Å²) in [6.07, 6.45) is 1.50. The van der Waals surface area contributed by atoms with Crippen LogP contribution in [0.2, 0.25) is 5.02 Å². The lowest BCUT2D eigenvalue weighted by atomic mass is 10.00. The lowest BCUT2D eigenvalue weighted by molar-refractivity contribution is -0.274. The topological polar surface area (TPSA) is 60.2 Å². The van der Waals surface area contributed by atoms with E-state index in [0.717, 1.165) is 39.8 Å². The predicted octanol–water partition coefficient (Wildman–Crippen LogP) is 5.80. The molecule has 1 atom stereocenters. The SMILES string of the molecule is O=CC1c2c(Cl)cc(-c3cnn(Cc4ccccn4)c3)cc2CN1Cc1ccc(OC(F)(F)F)cc1. The van der Waals surface area contributed by atoms with Crippen LogP contribution in [0.4, 0.5) is 13.2 Å². The van der Waals surface area contributed by atoms with Crippen molar-refractivity contribution in [3.63, 3.8) is 0 Å². The van der Waals surface area contributed by atoms with Crippen molar-refractivity contribution < 1.29 is 22.7 Å². The van der Waals surface area contributed by atoms with Crippen LogP contribution in [0.1, 0.15) is 28.4 Å². The molecule has 184 valence electrons. The number of carbonyl (C=O) groups excluding carboxylic acids is 1. The molecule has 0 saturated carbocycles. The van der Waals surface area contributed by atoms with Gasteiger partial charge in [0.25, 0.3) is 0 Å². The van der Waals surface area contributed by atoms with E-state index >= 15 is 0 Å². The van der Waals surface area contributed by atoms with E-state index in [0.29, 0.717) is 24.7 Å². The second kappa shape index (κ2) is 9.75. The first-order valence-electron chi connectivity index (χ1n) is 11.1. The molecule has 1 unspecified atom stereocenters. The molecule has 10 heteroatoms. The number of hydrogen-bond acceptors (Lipinski definition) is 5. The van der Waals surface area contributed by atoms with Crippen molar-refractivity contribution in [3.05, 3.63) is 101 Å². The molecule has 6 nitrogen and oxygen atoms in total. The van der Waals surface area contributed by atoms with Crippen molar-refractivity contribution in [2.75, 3.05) is 0 Å². The van der Waals surface area contributed by atoms with Crippen molar-refractivity contribution >= 4 is 17.9 Å². The van der Waals surface area contributed by atoms with Gasteiger partial charge in [0.1, 0.15) is 12.0 Å². The molecule has 5 rings (SSSR count). The first-order valence-corrected chi connectivity index (χ1v) is 11.5. The van der Waals surface area contributed by atoms with Gasteiger partial charge in [0.15, 0.2) is 0 Å². The third-order valence-corrected chi connectivity index (χ3v) is 6.28. The molecule has 4 aromatic rings. The van der Waals surface area contributed by atoms with Crippen molar-refractivity contribution in [3.8, 4) is 16.9 Å². The molecule has 0 N–H and O–H groups in total. The number of aromatic nitrogens is 3. The predicted molar refractivity (Wildman–Crippen MR) is 127 cm³/mol. The number of carbonyl (C=O) groups is 1. The Kier molecular flexibility index (Phi) is 6.51. The maximum Gasteiger partial charge on any atom is 0.573 e. The monoisotopic (exact) mass is 512 g/mol. The van der Waals surface area contributed by atoms with Gasteiger partial charge in [-0.3, -0.25) is 14.6 Å². The number of benzene rings is 2. The number of fused-ring (bicyclic) bond motifs is 1. The summed E-state index contributed by atoms with van der Waals surface area (Å²) in [4.78, 5) is 18.2. The van der Waals surface area contributed by atoms with Crippen LogP contribution in [-0.2, 0) is 24.4 Å². The van der Waals surface area contributed by atoms with Crippen LogP contribution in [-0.4, -0.2) is 32.3 Å². The Morgan fingerprint density at radius 3 is 2.58 bits per heavy atom. The van der Waals surface area contributed by atoms with E-state index in [1.807, 2.05) is 41.4 Å². The van der Waals surface area contributed by atoms with Crippen LogP contribution in [0.5, 0.6) is 5.75 Å². The molecule has 36 heavy (non-hydrogen) atoms. The fourth-order valence-corrected chi connectivity index (χ4v) is 4.75. The van der Waals surface area contributed by atoms with Crippen LogP contribution < -0.4 is 4.74 Å². The van der Waals surface area contributed by atoms with Crippen LogP contribution in [0, 0.1) is 0 Å². The smallest absolute Gasteiger partial charge is 0.406 e. The molecular weight excluding hydrogens is 493 g/mol. The molecule has 0 radical (unpaired) electrons. The van der Waals surface area contributed by atoms with Gasteiger partial charge in [-0.2, -0.15) is 5.10 Å². The van der Waals surface area contributed by atoms with Crippen LogP contribution in [0.3, 0.4) is 0 Å². The second-order valence-corrected chi connectivity index (χ2v) is 8.86. The van der Waals surface area contributed by atoms with Gasteiger partial charge in [-0.05, 0) is 58.7 Å². The zero-order valence-electron chi connectivity index (χ0n) is 18.8. The van der Waals surface area contributed by atoms with Gasteiger partial charge in [-0.15, -0.1) is 13.2 Å². The average Bonchev–Trinajstić information content (AvgIpc) is 3.44. The minimum atomic E-state index is -4.75. The Morgan fingerprint density at radius 1 is 1.08 bits per heavy atom. The number of ether oxygens (including phenoxy) is 1. The summed E-state index contributed by atoms with van der Waals surface area (Å²) in [7, 11) is 0. The number of aldehydes is 1. The maximum absolute atomic E-state index is 12.4. The normalized spacial score (nSPS) is 15.6. The summed E-state index contributed by atoms with van der Waals surface area (Å²) in [6.45, 7) is 1.36. The highest BCUT2D eigenvalue weighted by atomic mass is 35.5. The lowest BCUT2D eigenvalue weighted by Crippen LogP contribution is -2.22. The Balaban J connectivity index is 1.34. The van der Waals surface area contributed by atoms with E-state index in [1.165, 1.54) is 12.1 Å². The summed E-state index contributed by atoms with van der Waals surface area (Å²) in [6, 6.07) is 14.6. The fourth-order valence-electron chi connectivity index (χ4n) is 4.40. The Morgan fingerprint density at radius 2 is 1.89 bits per heavy atom. The number of alkyl halides is 3. The number of nitrogens with zero attached hydrogens (tertiary/aromatic N) is 4. The minimum Gasteiger partial charge on any atom is -0.406 e. The summed E-state index contributed by atoms with van der Waals surface area (Å²) >= 11 is 6.64. The highest BCUT2D eigenvalue weighted by Crippen LogP contribution is 2.41. The number of rotatable bonds is 7. The number of hydrogen-bond donors (Lipinski definition) is 0. The molecule has 0 bridgehead atoms. The zero-order valence-corrected chi connectivity index (χ0v) is 19.6. The quantitative estimate of drug-likeness (QED) is 0.293. The van der Waals surface area contributed by atoms with Crippen LogP contribution >= 0.6 is 11.6 Å². The highest BCUT2D eigenvalue weighted by molar-refractivity contribution is 6.32. The van der Waals surface area contributed by atoms with Crippen LogP contribution in [0.15, 0.2) is 73.2 Å². The Bertz CT molecular complexity index is 1370. The van der Waals surface area contributed by atoms with Gasteiger partial charge >= 0.3 is 6.36 Å². The molecule has 2 aromatic heterocycles. The summed E-state index contributed by atoms with van der Waals surface area (Å²) in [5.41, 5.74) is 5.07. The third kappa shape index (κ3) is 5.27. The zero-order chi connectivity index (χ0) is 25.3. The molecule has 1 aliphatic rings. The lowest BCUT2D eigenvalue weighted by Gasteiger charge is -2.21. The third-order valence-electron chi connectivity index (χ3n) is 5.97. The van der Waals surface area contributed by atoms with Crippen molar-refractivity contribution in [1.29, 1.82) is 0 Å². The number of halogens is 4. The summed E-state index contributed by atoms with van der Waals surface area (Å²) in [5.74, 6) is -0.292. The van der Waals surface area contributed by atoms with E-state index in [1.54, 1.807) is 29.2 Å². The number of pyridine rings is 1. The van der Waals surface area contributed by atoms with E-state index in [9.17, 15) is 18.0 Å². The molecule has 1 aliphatic heterocycles. The Hall–Kier alpha value is -3.69. The largest absolute Gasteiger partial charge is 0.573 e. The molecule has 0 saturated heterocycles. The van der Waals surface area contributed by atoms with E-state index in [4.69, 9.17) is 11.6 Å². The van der Waals surface area contributed by atoms with Gasteiger partial charge in [-0.1, -0.05) is 29.8 Å². The summed E-state index contributed by atoms with van der Waals surface area (Å²) < 4.78 is 43.0. The molecule has 0 amide bonds. The first-order chi connectivity index (χ1) is 17.3. The van der Waals surface area contributed by atoms with Crippen LogP contribution in [0.25, 0.3) is 11.1 Å². The average molecular weight is 513 g/mol. The highest BCUT2D eigenvalue weighted by Gasteiger charge is 2.33. The van der Waals surface area contributed by atoms with Crippen molar-refractivity contribution in [1.82, 2.24) is 19.7 Å². The van der Waals surface area contributed by atoms with Gasteiger partial charge in [0.2, 0.25) is 0 Å². The van der Waals surface area contributed by atoms with E-state index < -0.39 is 12.4 Å². The summed E-state index contributed by atoms with van der Waals surface area (Å²) in [5, 5.41) is 4.91. The van der Waals surface area contributed by atoms with Gasteiger partial charge in [0, 0.05) is 36.1 Å². The fraction of sp³-hybridized carbons (Fsp3) is 0.192. The molecular formula is C26H20ClF3N4O2. The van der Waals surface area contributed by atoms with E-state index in [-0.39, 0.29) is 5.75 Å². The minimum absolute atomic E-state index is 0.292. The Labute approximate surface area is 209 Å². The van der Waals surface area contributed by atoms with Gasteiger partial charge in [-0.25, -0.2) is 0 Å². The molecule has 0 fully saturated rings. The molecule has 2 aromatic carbocycles. The second-order valence-electron chi connectivity index (χ2n) is 8.46.